The van der Waals surface area contributed by atoms with Crippen molar-refractivity contribution in [2.75, 3.05) is 26.9 Å². The lowest BCUT2D eigenvalue weighted by atomic mass is 9.63. The molecule has 0 radical (unpaired) electrons. The van der Waals surface area contributed by atoms with Crippen molar-refractivity contribution >= 4 is 27.5 Å². The molecule has 0 atom stereocenters. The molecule has 0 bridgehead atoms. The van der Waals surface area contributed by atoms with E-state index in [9.17, 15) is 9.59 Å². The summed E-state index contributed by atoms with van der Waals surface area (Å²) in [4.78, 5) is 30.1. The maximum Gasteiger partial charge on any atom is 0.162 e. The minimum atomic E-state index is -0.398. The Labute approximate surface area is 218 Å². The Morgan fingerprint density at radius 3 is 2.06 bits per heavy atom. The van der Waals surface area contributed by atoms with Gasteiger partial charge in [-0.05, 0) is 55.2 Å². The number of rotatable bonds is 7. The van der Waals surface area contributed by atoms with Crippen molar-refractivity contribution in [3.8, 4) is 5.75 Å². The lowest BCUT2D eigenvalue weighted by Crippen LogP contribution is -2.45. The van der Waals surface area contributed by atoms with Crippen LogP contribution in [0, 0.1) is 10.8 Å². The smallest absolute Gasteiger partial charge is 0.162 e. The van der Waals surface area contributed by atoms with Gasteiger partial charge in [0.15, 0.2) is 11.6 Å². The summed E-state index contributed by atoms with van der Waals surface area (Å²) in [5, 5.41) is 0. The molecule has 0 unspecified atom stereocenters. The van der Waals surface area contributed by atoms with E-state index < -0.39 is 5.92 Å². The van der Waals surface area contributed by atoms with Crippen LogP contribution in [0.2, 0.25) is 0 Å². The van der Waals surface area contributed by atoms with Gasteiger partial charge in [0.2, 0.25) is 0 Å². The molecule has 2 aliphatic carbocycles. The van der Waals surface area contributed by atoms with E-state index in [1.54, 1.807) is 7.11 Å². The first-order valence-electron chi connectivity index (χ1n) is 12.7. The average molecular weight is 545 g/mol. The zero-order valence-corrected chi connectivity index (χ0v) is 23.5. The third kappa shape index (κ3) is 5.15. The number of methoxy groups -OCH3 is 1. The molecule has 6 heteroatoms. The highest BCUT2D eigenvalue weighted by Crippen LogP contribution is 2.55. The molecule has 0 amide bonds. The molecule has 5 nitrogen and oxygen atoms in total. The fourth-order valence-corrected chi connectivity index (χ4v) is 6.41. The molecular formula is C29H38BrNO4. The highest BCUT2D eigenvalue weighted by Gasteiger charge is 2.49. The van der Waals surface area contributed by atoms with Gasteiger partial charge in [0, 0.05) is 71.6 Å². The third-order valence-corrected chi connectivity index (χ3v) is 7.83. The van der Waals surface area contributed by atoms with Crippen LogP contribution in [-0.2, 0) is 14.3 Å². The molecule has 1 aliphatic heterocycles. The summed E-state index contributed by atoms with van der Waals surface area (Å²) < 4.78 is 12.3. The van der Waals surface area contributed by atoms with Crippen LogP contribution in [-0.4, -0.2) is 43.3 Å². The van der Waals surface area contributed by atoms with E-state index in [0.29, 0.717) is 26.1 Å². The van der Waals surface area contributed by atoms with E-state index in [0.717, 1.165) is 64.1 Å². The molecule has 0 saturated carbocycles. The number of Topliss-reactive ketones (excluding diaryl/α,β-unsaturated/α-hetero) is 2. The van der Waals surface area contributed by atoms with Gasteiger partial charge in [-0.1, -0.05) is 43.6 Å². The number of hydrogen-bond acceptors (Lipinski definition) is 5. The second kappa shape index (κ2) is 9.85. The minimum absolute atomic E-state index is 0.133. The number of ether oxygens (including phenoxy) is 2. The van der Waals surface area contributed by atoms with E-state index in [-0.39, 0.29) is 22.4 Å². The zero-order valence-electron chi connectivity index (χ0n) is 21.9. The van der Waals surface area contributed by atoms with E-state index in [2.05, 4.69) is 48.5 Å². The fourth-order valence-electron chi connectivity index (χ4n) is 6.03. The second-order valence-corrected chi connectivity index (χ2v) is 12.6. The predicted molar refractivity (Wildman–Crippen MR) is 141 cm³/mol. The van der Waals surface area contributed by atoms with Crippen LogP contribution in [0.1, 0.15) is 78.2 Å². The maximum absolute atomic E-state index is 13.9. The molecule has 1 aromatic rings. The van der Waals surface area contributed by atoms with Gasteiger partial charge in [0.1, 0.15) is 5.75 Å². The van der Waals surface area contributed by atoms with E-state index >= 15 is 0 Å². The van der Waals surface area contributed by atoms with Crippen molar-refractivity contribution in [2.45, 2.75) is 72.6 Å². The number of allylic oxidation sites excluding steroid dienone is 4. The first-order valence-corrected chi connectivity index (χ1v) is 13.5. The van der Waals surface area contributed by atoms with E-state index in [4.69, 9.17) is 9.47 Å². The van der Waals surface area contributed by atoms with Crippen LogP contribution < -0.4 is 4.74 Å². The van der Waals surface area contributed by atoms with E-state index in [1.165, 1.54) is 0 Å². The molecule has 3 aliphatic rings. The minimum Gasteiger partial charge on any atom is -0.494 e. The van der Waals surface area contributed by atoms with Gasteiger partial charge in [0.05, 0.1) is 6.61 Å². The summed E-state index contributed by atoms with van der Waals surface area (Å²) in [6.07, 6.45) is 3.41. The molecular weight excluding hydrogens is 506 g/mol. The van der Waals surface area contributed by atoms with Gasteiger partial charge in [-0.25, -0.2) is 0 Å². The number of nitrogens with zero attached hydrogens (tertiary/aromatic N) is 1. The molecule has 0 spiro atoms. The van der Waals surface area contributed by atoms with Gasteiger partial charge in [-0.2, -0.15) is 0 Å². The normalized spacial score (nSPS) is 21.9. The van der Waals surface area contributed by atoms with Crippen LogP contribution in [0.3, 0.4) is 0 Å². The molecule has 0 N–H and O–H groups in total. The van der Waals surface area contributed by atoms with Crippen molar-refractivity contribution in [3.63, 3.8) is 0 Å². The van der Waals surface area contributed by atoms with Crippen molar-refractivity contribution in [1.82, 2.24) is 4.90 Å². The van der Waals surface area contributed by atoms with Crippen LogP contribution in [0.15, 0.2) is 45.2 Å². The summed E-state index contributed by atoms with van der Waals surface area (Å²) in [6, 6.07) is 5.94. The van der Waals surface area contributed by atoms with Crippen LogP contribution in [0.5, 0.6) is 5.75 Å². The average Bonchev–Trinajstić information content (AvgIpc) is 2.74. The summed E-state index contributed by atoms with van der Waals surface area (Å²) in [5.74, 6) is 0.627. The van der Waals surface area contributed by atoms with Crippen LogP contribution >= 0.6 is 15.9 Å². The van der Waals surface area contributed by atoms with Crippen molar-refractivity contribution in [3.05, 3.63) is 50.8 Å². The Bertz CT molecular complexity index is 1040. The number of ketones is 2. The van der Waals surface area contributed by atoms with Crippen LogP contribution in [0.4, 0.5) is 0 Å². The van der Waals surface area contributed by atoms with Crippen molar-refractivity contribution in [2.24, 2.45) is 10.8 Å². The quantitative estimate of drug-likeness (QED) is 0.364. The first-order chi connectivity index (χ1) is 16.5. The second-order valence-electron chi connectivity index (χ2n) is 11.6. The molecule has 1 aromatic carbocycles. The number of carbonyl (C=O) groups excluding carboxylic acids is 2. The number of benzene rings is 1. The molecule has 0 aromatic heterocycles. The monoisotopic (exact) mass is 543 g/mol. The molecule has 0 saturated heterocycles. The Morgan fingerprint density at radius 2 is 1.54 bits per heavy atom. The van der Waals surface area contributed by atoms with Crippen molar-refractivity contribution in [1.29, 1.82) is 0 Å². The summed E-state index contributed by atoms with van der Waals surface area (Å²) in [5.41, 5.74) is 4.37. The summed E-state index contributed by atoms with van der Waals surface area (Å²) in [6.45, 7) is 12.5. The lowest BCUT2D eigenvalue weighted by molar-refractivity contribution is -0.119. The van der Waals surface area contributed by atoms with Gasteiger partial charge in [-0.15, -0.1) is 0 Å². The van der Waals surface area contributed by atoms with Gasteiger partial charge in [-0.3, -0.25) is 9.59 Å². The predicted octanol–water partition coefficient (Wildman–Crippen LogP) is 6.57. The van der Waals surface area contributed by atoms with Crippen LogP contribution in [0.25, 0.3) is 0 Å². The Morgan fingerprint density at radius 1 is 0.971 bits per heavy atom. The highest BCUT2D eigenvalue weighted by atomic mass is 79.9. The maximum atomic E-state index is 13.9. The molecule has 0 fully saturated rings. The number of carbonyl (C=O) groups is 2. The fraction of sp³-hybridized carbons (Fsp3) is 0.586. The standard InChI is InChI=1S/C29H38BrNO4/c1-7-35-24-10-9-18(30)13-19(24)25-26-20(14-28(2,3)16-22(26)32)31(11-8-12-34-6)21-15-29(4,5)17-23(33)27(21)25/h9-10,13,25H,7-8,11-12,14-17H2,1-6H3. The largest absolute Gasteiger partial charge is 0.494 e. The SMILES string of the molecule is CCOc1ccc(Br)cc1C1C2=C(CC(C)(C)CC2=O)N(CCCOC)C2=C1C(=O)CC(C)(C)C2. The highest BCUT2D eigenvalue weighted by molar-refractivity contribution is 9.10. The lowest BCUT2D eigenvalue weighted by Gasteiger charge is -2.49. The van der Waals surface area contributed by atoms with Gasteiger partial charge in [0.25, 0.3) is 0 Å². The summed E-state index contributed by atoms with van der Waals surface area (Å²) >= 11 is 3.63. The number of halogens is 1. The Kier molecular flexibility index (Phi) is 7.36. The third-order valence-electron chi connectivity index (χ3n) is 7.33. The van der Waals surface area contributed by atoms with E-state index in [1.807, 2.05) is 25.1 Å². The number of hydrogen-bond donors (Lipinski definition) is 0. The van der Waals surface area contributed by atoms with Gasteiger partial charge >= 0.3 is 0 Å². The zero-order chi connectivity index (χ0) is 25.5. The topological polar surface area (TPSA) is 55.8 Å². The Balaban J connectivity index is 1.99. The van der Waals surface area contributed by atoms with Crippen molar-refractivity contribution < 1.29 is 19.1 Å². The first kappa shape index (κ1) is 26.2. The Hall–Kier alpha value is -1.92. The molecule has 4 rings (SSSR count). The molecule has 35 heavy (non-hydrogen) atoms. The summed E-state index contributed by atoms with van der Waals surface area (Å²) in [7, 11) is 1.71. The van der Waals surface area contributed by atoms with Gasteiger partial charge < -0.3 is 14.4 Å². The molecule has 1 heterocycles. The molecule has 190 valence electrons.